The molecule has 0 atom stereocenters. The summed E-state index contributed by atoms with van der Waals surface area (Å²) >= 11 is 4.09. The number of nitrogens with zero attached hydrogens (tertiary/aromatic N) is 1. The number of aliphatic carboxylic acids is 1. The maximum atomic E-state index is 13.0. The van der Waals surface area contributed by atoms with E-state index < -0.39 is 29.5 Å². The number of halogens is 2. The molecule has 0 radical (unpaired) electrons. The minimum atomic E-state index is -1.13. The zero-order valence-electron chi connectivity index (χ0n) is 14.2. The molecule has 0 saturated carbocycles. The van der Waals surface area contributed by atoms with Gasteiger partial charge in [0, 0.05) is 10.0 Å². The van der Waals surface area contributed by atoms with Gasteiger partial charge in [0.1, 0.15) is 11.6 Å². The third kappa shape index (κ3) is 4.79. The molecule has 2 aromatic carbocycles. The average molecular weight is 466 g/mol. The van der Waals surface area contributed by atoms with Crippen LogP contribution in [0, 0.1) is 5.82 Å². The van der Waals surface area contributed by atoms with Crippen LogP contribution in [0.3, 0.4) is 0 Å². The highest BCUT2D eigenvalue weighted by Gasteiger charge is 2.35. The van der Waals surface area contributed by atoms with E-state index in [4.69, 9.17) is 9.84 Å². The lowest BCUT2D eigenvalue weighted by molar-refractivity contribution is -0.139. The minimum absolute atomic E-state index is 0.0309. The molecule has 3 rings (SSSR count). The van der Waals surface area contributed by atoms with Crippen molar-refractivity contribution in [3.8, 4) is 5.75 Å². The van der Waals surface area contributed by atoms with E-state index in [0.717, 1.165) is 16.7 Å². The van der Waals surface area contributed by atoms with Crippen molar-refractivity contribution in [1.29, 1.82) is 0 Å². The lowest BCUT2D eigenvalue weighted by atomic mass is 10.1. The van der Waals surface area contributed by atoms with E-state index >= 15 is 0 Å². The topological polar surface area (TPSA) is 83.9 Å². The van der Waals surface area contributed by atoms with Gasteiger partial charge in [0.2, 0.25) is 0 Å². The third-order valence-corrected chi connectivity index (χ3v) is 5.14. The number of carboxylic acids is 1. The number of imide groups is 1. The lowest BCUT2D eigenvalue weighted by Gasteiger charge is -2.12. The van der Waals surface area contributed by atoms with Crippen molar-refractivity contribution in [3.63, 3.8) is 0 Å². The number of carbonyl (C=O) groups is 3. The van der Waals surface area contributed by atoms with Crippen LogP contribution >= 0.6 is 27.7 Å². The molecule has 1 aliphatic rings. The quantitative estimate of drug-likeness (QED) is 0.640. The molecular weight excluding hydrogens is 453 g/mol. The molecule has 0 unspecified atom stereocenters. The van der Waals surface area contributed by atoms with E-state index in [2.05, 4.69) is 15.9 Å². The Balaban J connectivity index is 1.84. The monoisotopic (exact) mass is 465 g/mol. The molecule has 0 bridgehead atoms. The highest BCUT2D eigenvalue weighted by Crippen LogP contribution is 2.35. The first-order valence-electron chi connectivity index (χ1n) is 7.97. The number of ether oxygens (including phenoxy) is 1. The SMILES string of the molecule is O=C(O)COc1ccc(Br)cc1/C=C1/SC(=O)N(Cc2ccc(F)cc2)C1=O. The molecule has 9 heteroatoms. The molecule has 1 fully saturated rings. The van der Waals surface area contributed by atoms with E-state index in [1.807, 2.05) is 0 Å². The number of rotatable bonds is 6. The predicted molar refractivity (Wildman–Crippen MR) is 105 cm³/mol. The van der Waals surface area contributed by atoms with Crippen molar-refractivity contribution < 1.29 is 28.6 Å². The normalized spacial score (nSPS) is 15.4. The van der Waals surface area contributed by atoms with Gasteiger partial charge in [-0.1, -0.05) is 28.1 Å². The Labute approximate surface area is 172 Å². The number of carbonyl (C=O) groups excluding carboxylic acids is 2. The molecule has 0 aromatic heterocycles. The number of hydrogen-bond acceptors (Lipinski definition) is 5. The molecule has 144 valence electrons. The Hall–Kier alpha value is -2.65. The first-order valence-corrected chi connectivity index (χ1v) is 9.58. The van der Waals surface area contributed by atoms with Gasteiger partial charge in [0.05, 0.1) is 11.4 Å². The van der Waals surface area contributed by atoms with Crippen LogP contribution in [0.2, 0.25) is 0 Å². The van der Waals surface area contributed by atoms with Gasteiger partial charge >= 0.3 is 5.97 Å². The Bertz CT molecular complexity index is 977. The molecule has 1 aliphatic heterocycles. The van der Waals surface area contributed by atoms with Crippen molar-refractivity contribution in [3.05, 3.63) is 68.8 Å². The molecule has 1 heterocycles. The van der Waals surface area contributed by atoms with Crippen LogP contribution < -0.4 is 4.74 Å². The maximum Gasteiger partial charge on any atom is 0.341 e. The Morgan fingerprint density at radius 2 is 1.93 bits per heavy atom. The van der Waals surface area contributed by atoms with Crippen molar-refractivity contribution in [2.24, 2.45) is 0 Å². The predicted octanol–water partition coefficient (Wildman–Crippen LogP) is 4.29. The van der Waals surface area contributed by atoms with Gasteiger partial charge in [-0.05, 0) is 53.7 Å². The van der Waals surface area contributed by atoms with Crippen LogP contribution in [0.25, 0.3) is 6.08 Å². The van der Waals surface area contributed by atoms with Crippen molar-refractivity contribution in [1.82, 2.24) is 4.90 Å². The fraction of sp³-hybridized carbons (Fsp3) is 0.105. The van der Waals surface area contributed by atoms with Gasteiger partial charge in [0.15, 0.2) is 6.61 Å². The Kier molecular flexibility index (Phi) is 6.15. The molecule has 1 saturated heterocycles. The summed E-state index contributed by atoms with van der Waals surface area (Å²) in [6.45, 7) is -0.502. The molecule has 0 spiro atoms. The highest BCUT2D eigenvalue weighted by molar-refractivity contribution is 9.10. The summed E-state index contributed by atoms with van der Waals surface area (Å²) in [5.74, 6) is -1.74. The standard InChI is InChI=1S/C19H13BrFNO5S/c20-13-3-6-15(27-10-17(23)24)12(7-13)8-16-18(25)22(19(26)28-16)9-11-1-4-14(21)5-2-11/h1-8H,9-10H2,(H,23,24)/b16-8+. The largest absolute Gasteiger partial charge is 0.481 e. The van der Waals surface area contributed by atoms with Crippen molar-refractivity contribution in [2.45, 2.75) is 6.54 Å². The fourth-order valence-corrected chi connectivity index (χ4v) is 3.66. The summed E-state index contributed by atoms with van der Waals surface area (Å²) in [4.78, 5) is 36.9. The van der Waals surface area contributed by atoms with Crippen LogP contribution in [0.1, 0.15) is 11.1 Å². The van der Waals surface area contributed by atoms with Crippen molar-refractivity contribution >= 4 is 50.9 Å². The maximum absolute atomic E-state index is 13.0. The Morgan fingerprint density at radius 3 is 2.61 bits per heavy atom. The summed E-state index contributed by atoms with van der Waals surface area (Å²) in [6, 6.07) is 10.4. The van der Waals surface area contributed by atoms with E-state index in [9.17, 15) is 18.8 Å². The summed E-state index contributed by atoms with van der Waals surface area (Å²) in [5.41, 5.74) is 1.08. The number of hydrogen-bond donors (Lipinski definition) is 1. The number of benzene rings is 2. The van der Waals surface area contributed by atoms with Gasteiger partial charge < -0.3 is 9.84 Å². The first-order chi connectivity index (χ1) is 13.3. The first kappa shape index (κ1) is 20.1. The van der Waals surface area contributed by atoms with Gasteiger partial charge in [-0.15, -0.1) is 0 Å². The van der Waals surface area contributed by atoms with Crippen LogP contribution in [0.5, 0.6) is 5.75 Å². The van der Waals surface area contributed by atoms with Gasteiger partial charge in [-0.25, -0.2) is 9.18 Å². The second-order valence-corrected chi connectivity index (χ2v) is 7.67. The summed E-state index contributed by atoms with van der Waals surface area (Å²) in [5, 5.41) is 8.35. The Morgan fingerprint density at radius 1 is 1.21 bits per heavy atom. The van der Waals surface area contributed by atoms with Crippen LogP contribution in [-0.4, -0.2) is 33.7 Å². The smallest absolute Gasteiger partial charge is 0.341 e. The molecule has 0 aliphatic carbocycles. The fourth-order valence-electron chi connectivity index (χ4n) is 2.45. The van der Waals surface area contributed by atoms with Gasteiger partial charge in [-0.3, -0.25) is 14.5 Å². The van der Waals surface area contributed by atoms with E-state index in [-0.39, 0.29) is 17.2 Å². The molecule has 2 aromatic rings. The van der Waals surface area contributed by atoms with E-state index in [1.54, 1.807) is 18.2 Å². The third-order valence-electron chi connectivity index (χ3n) is 3.74. The van der Waals surface area contributed by atoms with Crippen LogP contribution in [0.15, 0.2) is 51.8 Å². The van der Waals surface area contributed by atoms with E-state index in [1.165, 1.54) is 30.3 Å². The molecule has 2 amide bonds. The van der Waals surface area contributed by atoms with Crippen LogP contribution in [0.4, 0.5) is 9.18 Å². The second-order valence-electron chi connectivity index (χ2n) is 5.76. The van der Waals surface area contributed by atoms with Gasteiger partial charge in [0.25, 0.3) is 11.1 Å². The van der Waals surface area contributed by atoms with E-state index in [0.29, 0.717) is 15.6 Å². The molecular formula is C19H13BrFNO5S. The number of thioether (sulfide) groups is 1. The van der Waals surface area contributed by atoms with Gasteiger partial charge in [-0.2, -0.15) is 0 Å². The van der Waals surface area contributed by atoms with Crippen LogP contribution in [-0.2, 0) is 16.1 Å². The average Bonchev–Trinajstić information content (AvgIpc) is 2.90. The number of carboxylic acid groups (broad SMARTS) is 1. The minimum Gasteiger partial charge on any atom is -0.481 e. The summed E-state index contributed by atoms with van der Waals surface area (Å²) in [6.07, 6.45) is 1.48. The summed E-state index contributed by atoms with van der Waals surface area (Å²) < 4.78 is 19.0. The summed E-state index contributed by atoms with van der Waals surface area (Å²) in [7, 11) is 0. The second kappa shape index (κ2) is 8.57. The zero-order valence-corrected chi connectivity index (χ0v) is 16.6. The molecule has 28 heavy (non-hydrogen) atoms. The molecule has 6 nitrogen and oxygen atoms in total. The van der Waals surface area contributed by atoms with Crippen molar-refractivity contribution in [2.75, 3.05) is 6.61 Å². The molecule has 1 N–H and O–H groups in total. The highest BCUT2D eigenvalue weighted by atomic mass is 79.9. The lowest BCUT2D eigenvalue weighted by Crippen LogP contribution is -2.27. The number of amides is 2. The zero-order chi connectivity index (χ0) is 20.3.